The van der Waals surface area contributed by atoms with Gasteiger partial charge in [0.1, 0.15) is 0 Å². The Morgan fingerprint density at radius 2 is 1.95 bits per heavy atom. The van der Waals surface area contributed by atoms with Crippen molar-refractivity contribution >= 4 is 39.1 Å². The number of nitrogens with one attached hydrogen (secondary N) is 1. The molecule has 20 heavy (non-hydrogen) atoms. The van der Waals surface area contributed by atoms with Crippen LogP contribution in [-0.2, 0) is 4.79 Å². The van der Waals surface area contributed by atoms with E-state index in [9.17, 15) is 4.79 Å². The summed E-state index contributed by atoms with van der Waals surface area (Å²) in [6, 6.07) is 14.7. The molecule has 0 aliphatic heterocycles. The van der Waals surface area contributed by atoms with Crippen molar-refractivity contribution < 1.29 is 4.79 Å². The van der Waals surface area contributed by atoms with Crippen LogP contribution in [0.15, 0.2) is 53.0 Å². The average molecular weight is 354 g/mol. The molecule has 104 valence electrons. The molecule has 0 aliphatic rings. The van der Waals surface area contributed by atoms with Gasteiger partial charge < -0.3 is 11.1 Å². The predicted molar refractivity (Wildman–Crippen MR) is 86.0 cm³/mol. The van der Waals surface area contributed by atoms with E-state index in [0.717, 1.165) is 10.0 Å². The van der Waals surface area contributed by atoms with E-state index in [-0.39, 0.29) is 18.4 Å². The molecule has 0 spiro atoms. The van der Waals surface area contributed by atoms with Gasteiger partial charge in [0.05, 0.1) is 10.9 Å². The molecule has 5 heteroatoms. The Bertz CT molecular complexity index is 604. The zero-order valence-electron chi connectivity index (χ0n) is 10.6. The number of anilines is 1. The second kappa shape index (κ2) is 6.88. The van der Waals surface area contributed by atoms with Crippen LogP contribution in [0.5, 0.6) is 0 Å². The van der Waals surface area contributed by atoms with Gasteiger partial charge in [-0.25, -0.2) is 0 Å². The molecule has 0 saturated carbocycles. The molecule has 2 aromatic carbocycles. The molecule has 0 fully saturated rings. The summed E-state index contributed by atoms with van der Waals surface area (Å²) in [6.45, 7) is 0.255. The van der Waals surface area contributed by atoms with Crippen molar-refractivity contribution in [2.75, 3.05) is 11.9 Å². The van der Waals surface area contributed by atoms with Crippen LogP contribution >= 0.6 is 27.5 Å². The van der Waals surface area contributed by atoms with Crippen LogP contribution < -0.4 is 11.1 Å². The predicted octanol–water partition coefficient (Wildman–Crippen LogP) is 3.78. The van der Waals surface area contributed by atoms with Crippen LogP contribution in [0.2, 0.25) is 5.02 Å². The third-order valence-corrected chi connectivity index (χ3v) is 4.16. The van der Waals surface area contributed by atoms with E-state index in [1.807, 2.05) is 30.3 Å². The Balaban J connectivity index is 2.15. The maximum Gasteiger partial charge on any atom is 0.233 e. The van der Waals surface area contributed by atoms with Crippen molar-refractivity contribution in [2.45, 2.75) is 5.92 Å². The second-order valence-corrected chi connectivity index (χ2v) is 5.58. The fourth-order valence-corrected chi connectivity index (χ4v) is 2.38. The molecule has 2 rings (SSSR count). The largest absolute Gasteiger partial charge is 0.329 e. The van der Waals surface area contributed by atoms with Crippen molar-refractivity contribution in [1.29, 1.82) is 0 Å². The average Bonchev–Trinajstić information content (AvgIpc) is 2.45. The lowest BCUT2D eigenvalue weighted by Gasteiger charge is -2.15. The molecule has 0 heterocycles. The molecule has 0 aliphatic carbocycles. The van der Waals surface area contributed by atoms with Gasteiger partial charge in [-0.3, -0.25) is 4.79 Å². The highest BCUT2D eigenvalue weighted by molar-refractivity contribution is 9.10. The Labute approximate surface area is 131 Å². The molecule has 0 aromatic heterocycles. The fourth-order valence-electron chi connectivity index (χ4n) is 1.88. The number of carbonyl (C=O) groups excluding carboxylic acids is 1. The first-order chi connectivity index (χ1) is 9.61. The highest BCUT2D eigenvalue weighted by atomic mass is 79.9. The van der Waals surface area contributed by atoms with Gasteiger partial charge in [-0.05, 0) is 39.7 Å². The van der Waals surface area contributed by atoms with Gasteiger partial charge in [-0.2, -0.15) is 0 Å². The zero-order valence-corrected chi connectivity index (χ0v) is 13.0. The summed E-state index contributed by atoms with van der Waals surface area (Å²) in [6.07, 6.45) is 0. The second-order valence-electron chi connectivity index (χ2n) is 4.32. The summed E-state index contributed by atoms with van der Waals surface area (Å²) >= 11 is 9.25. The molecule has 3 nitrogen and oxygen atoms in total. The fraction of sp³-hybridized carbons (Fsp3) is 0.133. The van der Waals surface area contributed by atoms with E-state index >= 15 is 0 Å². The number of hydrogen-bond acceptors (Lipinski definition) is 2. The first-order valence-electron chi connectivity index (χ1n) is 6.12. The summed E-state index contributed by atoms with van der Waals surface area (Å²) in [5.74, 6) is -0.501. The lowest BCUT2D eigenvalue weighted by Crippen LogP contribution is -2.27. The molecule has 0 radical (unpaired) electrons. The van der Waals surface area contributed by atoms with E-state index in [0.29, 0.717) is 10.7 Å². The third kappa shape index (κ3) is 3.60. The van der Waals surface area contributed by atoms with Crippen molar-refractivity contribution in [2.24, 2.45) is 5.73 Å². The van der Waals surface area contributed by atoms with Crippen LogP contribution in [0, 0.1) is 0 Å². The standard InChI is InChI=1S/C15H14BrClN2O/c16-13-8-11(6-7-14(13)17)19-15(20)12(9-18)10-4-2-1-3-5-10/h1-8,12H,9,18H2,(H,19,20). The summed E-state index contributed by atoms with van der Waals surface area (Å²) in [5, 5.41) is 3.45. The summed E-state index contributed by atoms with van der Waals surface area (Å²) in [7, 11) is 0. The number of benzene rings is 2. The first kappa shape index (κ1) is 15.0. The van der Waals surface area contributed by atoms with Gasteiger partial charge in [0.2, 0.25) is 5.91 Å². The minimum atomic E-state index is -0.370. The van der Waals surface area contributed by atoms with Crippen LogP contribution in [0.4, 0.5) is 5.69 Å². The Hall–Kier alpha value is -1.36. The minimum Gasteiger partial charge on any atom is -0.329 e. The van der Waals surface area contributed by atoms with Crippen molar-refractivity contribution in [3.05, 3.63) is 63.6 Å². The van der Waals surface area contributed by atoms with Crippen LogP contribution in [0.3, 0.4) is 0 Å². The molecule has 3 N–H and O–H groups in total. The molecule has 1 amide bonds. The number of amides is 1. The van der Waals surface area contributed by atoms with Crippen molar-refractivity contribution in [3.63, 3.8) is 0 Å². The van der Waals surface area contributed by atoms with Gasteiger partial charge in [-0.1, -0.05) is 41.9 Å². The lowest BCUT2D eigenvalue weighted by molar-refractivity contribution is -0.117. The number of carbonyl (C=O) groups is 1. The third-order valence-electron chi connectivity index (χ3n) is 2.94. The maximum absolute atomic E-state index is 12.3. The monoisotopic (exact) mass is 352 g/mol. The van der Waals surface area contributed by atoms with Gasteiger partial charge in [0, 0.05) is 16.7 Å². The van der Waals surface area contributed by atoms with Gasteiger partial charge in [0.15, 0.2) is 0 Å². The summed E-state index contributed by atoms with van der Waals surface area (Å²) in [4.78, 5) is 12.3. The van der Waals surface area contributed by atoms with Gasteiger partial charge in [0.25, 0.3) is 0 Å². The highest BCUT2D eigenvalue weighted by Crippen LogP contribution is 2.26. The minimum absolute atomic E-state index is 0.132. The zero-order chi connectivity index (χ0) is 14.5. The first-order valence-corrected chi connectivity index (χ1v) is 7.30. The van der Waals surface area contributed by atoms with Crippen LogP contribution in [0.1, 0.15) is 11.5 Å². The molecule has 1 atom stereocenters. The van der Waals surface area contributed by atoms with Gasteiger partial charge in [-0.15, -0.1) is 0 Å². The maximum atomic E-state index is 12.3. The Morgan fingerprint density at radius 3 is 2.55 bits per heavy atom. The van der Waals surface area contributed by atoms with E-state index < -0.39 is 0 Å². The van der Waals surface area contributed by atoms with Gasteiger partial charge >= 0.3 is 0 Å². The molecule has 0 bridgehead atoms. The summed E-state index contributed by atoms with van der Waals surface area (Å²) in [5.41, 5.74) is 7.31. The van der Waals surface area contributed by atoms with E-state index in [2.05, 4.69) is 21.2 Å². The quantitative estimate of drug-likeness (QED) is 0.879. The SMILES string of the molecule is NCC(C(=O)Nc1ccc(Cl)c(Br)c1)c1ccccc1. The Morgan fingerprint density at radius 1 is 1.25 bits per heavy atom. The van der Waals surface area contributed by atoms with Crippen molar-refractivity contribution in [1.82, 2.24) is 0 Å². The normalized spacial score (nSPS) is 11.9. The topological polar surface area (TPSA) is 55.1 Å². The molecule has 0 saturated heterocycles. The summed E-state index contributed by atoms with van der Waals surface area (Å²) < 4.78 is 0.737. The molecular weight excluding hydrogens is 340 g/mol. The number of hydrogen-bond donors (Lipinski definition) is 2. The van der Waals surface area contributed by atoms with E-state index in [1.54, 1.807) is 18.2 Å². The molecular formula is C15H14BrClN2O. The van der Waals surface area contributed by atoms with E-state index in [1.165, 1.54) is 0 Å². The molecule has 1 unspecified atom stereocenters. The van der Waals surface area contributed by atoms with Crippen LogP contribution in [-0.4, -0.2) is 12.5 Å². The number of nitrogens with two attached hydrogens (primary N) is 1. The smallest absolute Gasteiger partial charge is 0.233 e. The van der Waals surface area contributed by atoms with Crippen LogP contribution in [0.25, 0.3) is 0 Å². The molecule has 2 aromatic rings. The lowest BCUT2D eigenvalue weighted by atomic mass is 9.98. The number of halogens is 2. The van der Waals surface area contributed by atoms with E-state index in [4.69, 9.17) is 17.3 Å². The Kier molecular flexibility index (Phi) is 5.17. The number of rotatable bonds is 4. The highest BCUT2D eigenvalue weighted by Gasteiger charge is 2.18. The van der Waals surface area contributed by atoms with Crippen molar-refractivity contribution in [3.8, 4) is 0 Å².